The largest absolute Gasteiger partial charge is 0.393 e. The highest BCUT2D eigenvalue weighted by Gasteiger charge is 2.01. The third kappa shape index (κ3) is 4.40. The molecule has 0 bridgehead atoms. The van der Waals surface area contributed by atoms with Crippen molar-refractivity contribution in [1.29, 1.82) is 0 Å². The van der Waals surface area contributed by atoms with Gasteiger partial charge in [0.25, 0.3) is 0 Å². The predicted molar refractivity (Wildman–Crippen MR) is 59.1 cm³/mol. The number of hydrogen-bond donors (Lipinski definition) is 1. The summed E-state index contributed by atoms with van der Waals surface area (Å²) in [7, 11) is 2.08. The Labute approximate surface area is 86.2 Å². The number of aliphatic hydroxyl groups excluding tert-OH is 1. The van der Waals surface area contributed by atoms with Crippen molar-refractivity contribution in [2.75, 3.05) is 13.6 Å². The normalized spacial score (nSPS) is 13.1. The Morgan fingerprint density at radius 1 is 1.29 bits per heavy atom. The third-order valence-electron chi connectivity index (χ3n) is 2.22. The van der Waals surface area contributed by atoms with Crippen molar-refractivity contribution < 1.29 is 5.11 Å². The molecule has 0 radical (unpaired) electrons. The van der Waals surface area contributed by atoms with Gasteiger partial charge in [0.1, 0.15) is 0 Å². The van der Waals surface area contributed by atoms with Crippen LogP contribution in [0.3, 0.4) is 0 Å². The molecule has 0 amide bonds. The molecule has 0 fully saturated rings. The summed E-state index contributed by atoms with van der Waals surface area (Å²) in [4.78, 5) is 2.22. The van der Waals surface area contributed by atoms with Gasteiger partial charge >= 0.3 is 0 Å². The smallest absolute Gasteiger partial charge is 0.0524 e. The van der Waals surface area contributed by atoms with Gasteiger partial charge in [0, 0.05) is 13.1 Å². The average Bonchev–Trinajstić information content (AvgIpc) is 2.16. The van der Waals surface area contributed by atoms with Crippen LogP contribution in [-0.4, -0.2) is 29.7 Å². The van der Waals surface area contributed by atoms with Crippen molar-refractivity contribution in [3.05, 3.63) is 35.9 Å². The molecule has 0 aliphatic carbocycles. The first-order chi connectivity index (χ1) is 6.68. The molecule has 0 heterocycles. The first-order valence-corrected chi connectivity index (χ1v) is 5.09. The molecule has 0 saturated heterocycles. The van der Waals surface area contributed by atoms with Crippen molar-refractivity contribution >= 4 is 0 Å². The monoisotopic (exact) mass is 193 g/mol. The molecule has 2 heteroatoms. The molecule has 0 spiro atoms. The van der Waals surface area contributed by atoms with E-state index < -0.39 is 0 Å². The third-order valence-corrected chi connectivity index (χ3v) is 2.22. The highest BCUT2D eigenvalue weighted by atomic mass is 16.3. The first kappa shape index (κ1) is 11.2. The SMILES string of the molecule is C[C@H](O)CCN(C)Cc1ccccc1. The lowest BCUT2D eigenvalue weighted by atomic mass is 10.2. The number of hydrogen-bond acceptors (Lipinski definition) is 2. The summed E-state index contributed by atoms with van der Waals surface area (Å²) in [5, 5.41) is 9.14. The fourth-order valence-corrected chi connectivity index (χ4v) is 1.38. The van der Waals surface area contributed by atoms with Crippen LogP contribution in [-0.2, 0) is 6.54 Å². The Bertz CT molecular complexity index is 246. The fourth-order valence-electron chi connectivity index (χ4n) is 1.38. The van der Waals surface area contributed by atoms with Gasteiger partial charge in [-0.05, 0) is 26.0 Å². The van der Waals surface area contributed by atoms with Gasteiger partial charge in [0.15, 0.2) is 0 Å². The minimum absolute atomic E-state index is 0.201. The van der Waals surface area contributed by atoms with Crippen LogP contribution in [0.15, 0.2) is 30.3 Å². The summed E-state index contributed by atoms with van der Waals surface area (Å²) in [6.07, 6.45) is 0.636. The van der Waals surface area contributed by atoms with Gasteiger partial charge in [-0.3, -0.25) is 0 Å². The topological polar surface area (TPSA) is 23.5 Å². The quantitative estimate of drug-likeness (QED) is 0.772. The Balaban J connectivity index is 2.30. The van der Waals surface area contributed by atoms with Crippen LogP contribution in [0.1, 0.15) is 18.9 Å². The minimum atomic E-state index is -0.201. The van der Waals surface area contributed by atoms with E-state index in [4.69, 9.17) is 5.11 Å². The van der Waals surface area contributed by atoms with Crippen LogP contribution < -0.4 is 0 Å². The van der Waals surface area contributed by atoms with Gasteiger partial charge in [0.05, 0.1) is 6.10 Å². The van der Waals surface area contributed by atoms with E-state index in [2.05, 4.69) is 36.2 Å². The van der Waals surface area contributed by atoms with E-state index in [9.17, 15) is 0 Å². The number of rotatable bonds is 5. The van der Waals surface area contributed by atoms with Gasteiger partial charge in [-0.1, -0.05) is 30.3 Å². The molecular weight excluding hydrogens is 174 g/mol. The number of nitrogens with zero attached hydrogens (tertiary/aromatic N) is 1. The zero-order chi connectivity index (χ0) is 10.4. The second-order valence-corrected chi connectivity index (χ2v) is 3.86. The highest BCUT2D eigenvalue weighted by molar-refractivity contribution is 5.14. The lowest BCUT2D eigenvalue weighted by Crippen LogP contribution is -2.21. The predicted octanol–water partition coefficient (Wildman–Crippen LogP) is 1.89. The van der Waals surface area contributed by atoms with Crippen molar-refractivity contribution in [3.8, 4) is 0 Å². The molecule has 78 valence electrons. The number of benzene rings is 1. The van der Waals surface area contributed by atoms with Crippen LogP contribution >= 0.6 is 0 Å². The van der Waals surface area contributed by atoms with E-state index in [1.165, 1.54) is 5.56 Å². The summed E-state index contributed by atoms with van der Waals surface area (Å²) >= 11 is 0. The Morgan fingerprint density at radius 2 is 1.93 bits per heavy atom. The van der Waals surface area contributed by atoms with E-state index in [1.807, 2.05) is 13.0 Å². The van der Waals surface area contributed by atoms with E-state index in [0.717, 1.165) is 19.5 Å². The lowest BCUT2D eigenvalue weighted by Gasteiger charge is -2.17. The van der Waals surface area contributed by atoms with Crippen LogP contribution in [0.5, 0.6) is 0 Å². The van der Waals surface area contributed by atoms with Crippen LogP contribution in [0.25, 0.3) is 0 Å². The van der Waals surface area contributed by atoms with E-state index in [0.29, 0.717) is 0 Å². The van der Waals surface area contributed by atoms with Gasteiger partial charge in [-0.25, -0.2) is 0 Å². The molecule has 2 nitrogen and oxygen atoms in total. The lowest BCUT2D eigenvalue weighted by molar-refractivity contribution is 0.163. The maximum absolute atomic E-state index is 9.14. The number of aliphatic hydroxyl groups is 1. The molecule has 1 aromatic rings. The molecule has 0 unspecified atom stereocenters. The second kappa shape index (κ2) is 5.78. The first-order valence-electron chi connectivity index (χ1n) is 5.09. The molecule has 1 N–H and O–H groups in total. The minimum Gasteiger partial charge on any atom is -0.393 e. The van der Waals surface area contributed by atoms with Gasteiger partial charge in [-0.2, -0.15) is 0 Å². The zero-order valence-corrected chi connectivity index (χ0v) is 8.98. The summed E-state index contributed by atoms with van der Waals surface area (Å²) in [6.45, 7) is 3.72. The van der Waals surface area contributed by atoms with Gasteiger partial charge in [0.2, 0.25) is 0 Å². The molecule has 0 aromatic heterocycles. The van der Waals surface area contributed by atoms with Crippen molar-refractivity contribution in [3.63, 3.8) is 0 Å². The van der Waals surface area contributed by atoms with Gasteiger partial charge in [-0.15, -0.1) is 0 Å². The van der Waals surface area contributed by atoms with Crippen LogP contribution in [0.2, 0.25) is 0 Å². The standard InChI is InChI=1S/C12H19NO/c1-11(14)8-9-13(2)10-12-6-4-3-5-7-12/h3-7,11,14H,8-10H2,1-2H3/t11-/m0/s1. The summed E-state index contributed by atoms with van der Waals surface area (Å²) in [6, 6.07) is 10.4. The van der Waals surface area contributed by atoms with E-state index in [-0.39, 0.29) is 6.10 Å². The van der Waals surface area contributed by atoms with E-state index in [1.54, 1.807) is 0 Å². The highest BCUT2D eigenvalue weighted by Crippen LogP contribution is 2.03. The van der Waals surface area contributed by atoms with Gasteiger partial charge < -0.3 is 10.0 Å². The second-order valence-electron chi connectivity index (χ2n) is 3.86. The van der Waals surface area contributed by atoms with Crippen LogP contribution in [0.4, 0.5) is 0 Å². The maximum Gasteiger partial charge on any atom is 0.0524 e. The zero-order valence-electron chi connectivity index (χ0n) is 8.98. The maximum atomic E-state index is 9.14. The summed E-state index contributed by atoms with van der Waals surface area (Å²) in [5.74, 6) is 0. The van der Waals surface area contributed by atoms with E-state index >= 15 is 0 Å². The van der Waals surface area contributed by atoms with Crippen molar-refractivity contribution in [2.24, 2.45) is 0 Å². The van der Waals surface area contributed by atoms with Crippen LogP contribution in [0, 0.1) is 0 Å². The Kier molecular flexibility index (Phi) is 4.63. The molecule has 14 heavy (non-hydrogen) atoms. The Morgan fingerprint density at radius 3 is 2.50 bits per heavy atom. The fraction of sp³-hybridized carbons (Fsp3) is 0.500. The summed E-state index contributed by atoms with van der Waals surface area (Å²) in [5.41, 5.74) is 1.32. The molecule has 1 aromatic carbocycles. The molecule has 0 saturated carbocycles. The molecule has 1 atom stereocenters. The van der Waals surface area contributed by atoms with Crippen molar-refractivity contribution in [1.82, 2.24) is 4.90 Å². The molecule has 1 rings (SSSR count). The molecular formula is C12H19NO. The molecule has 0 aliphatic heterocycles. The molecule has 0 aliphatic rings. The van der Waals surface area contributed by atoms with Crippen molar-refractivity contribution in [2.45, 2.75) is 26.0 Å². The average molecular weight is 193 g/mol. The Hall–Kier alpha value is -0.860. The summed E-state index contributed by atoms with van der Waals surface area (Å²) < 4.78 is 0.